The van der Waals surface area contributed by atoms with Crippen molar-refractivity contribution in [3.63, 3.8) is 0 Å². The quantitative estimate of drug-likeness (QED) is 0.887. The Morgan fingerprint density at radius 2 is 2.33 bits per heavy atom. The summed E-state index contributed by atoms with van der Waals surface area (Å²) in [5.74, 6) is -0.0525. The van der Waals surface area contributed by atoms with Gasteiger partial charge in [-0.25, -0.2) is 0 Å². The third-order valence-corrected chi connectivity index (χ3v) is 4.21. The van der Waals surface area contributed by atoms with E-state index in [1.54, 1.807) is 0 Å². The molecule has 1 amide bonds. The molecule has 98 valence electrons. The van der Waals surface area contributed by atoms with Crippen molar-refractivity contribution in [2.45, 2.75) is 19.5 Å². The average Bonchev–Trinajstić information content (AvgIpc) is 2.69. The van der Waals surface area contributed by atoms with E-state index in [1.807, 2.05) is 31.2 Å². The number of benzene rings is 1. The van der Waals surface area contributed by atoms with Crippen LogP contribution in [0.1, 0.15) is 12.5 Å². The molecule has 5 heteroatoms. The summed E-state index contributed by atoms with van der Waals surface area (Å²) >= 11 is 3.45. The van der Waals surface area contributed by atoms with Crippen molar-refractivity contribution in [1.82, 2.24) is 5.32 Å². The molecule has 0 aromatic heterocycles. The second kappa shape index (κ2) is 5.38. The number of hydrogen-bond donors (Lipinski definition) is 2. The molecule has 1 heterocycles. The van der Waals surface area contributed by atoms with Crippen LogP contribution in [0.15, 0.2) is 28.7 Å². The second-order valence-electron chi connectivity index (χ2n) is 4.81. The lowest BCUT2D eigenvalue weighted by Crippen LogP contribution is -2.49. The van der Waals surface area contributed by atoms with Gasteiger partial charge in [0.05, 0.1) is 18.6 Å². The number of carbonyl (C=O) groups excluding carboxylic acids is 1. The van der Waals surface area contributed by atoms with E-state index in [0.717, 1.165) is 10.0 Å². The van der Waals surface area contributed by atoms with Gasteiger partial charge in [-0.05, 0) is 18.6 Å². The van der Waals surface area contributed by atoms with E-state index in [0.29, 0.717) is 19.8 Å². The Bertz CT molecular complexity index is 452. The van der Waals surface area contributed by atoms with Crippen LogP contribution in [0.3, 0.4) is 0 Å². The van der Waals surface area contributed by atoms with Gasteiger partial charge in [0.25, 0.3) is 0 Å². The summed E-state index contributed by atoms with van der Waals surface area (Å²) in [6.07, 6.45) is 0. The molecule has 2 unspecified atom stereocenters. The van der Waals surface area contributed by atoms with E-state index >= 15 is 0 Å². The fourth-order valence-corrected chi connectivity index (χ4v) is 2.37. The van der Waals surface area contributed by atoms with Crippen LogP contribution in [0, 0.1) is 5.41 Å². The van der Waals surface area contributed by atoms with Crippen molar-refractivity contribution < 1.29 is 9.53 Å². The third-order valence-electron chi connectivity index (χ3n) is 3.43. The maximum Gasteiger partial charge on any atom is 0.230 e. The normalized spacial score (nSPS) is 27.2. The molecular formula is C13H17BrN2O2. The lowest BCUT2D eigenvalue weighted by atomic mass is 9.85. The van der Waals surface area contributed by atoms with Crippen molar-refractivity contribution in [2.24, 2.45) is 11.1 Å². The van der Waals surface area contributed by atoms with Gasteiger partial charge in [-0.1, -0.05) is 34.1 Å². The number of nitrogens with two attached hydrogens (primary N) is 1. The van der Waals surface area contributed by atoms with Crippen LogP contribution in [0.4, 0.5) is 0 Å². The predicted octanol–water partition coefficient (Wildman–Crippen LogP) is 1.43. The molecule has 1 aromatic carbocycles. The predicted molar refractivity (Wildman–Crippen MR) is 72.9 cm³/mol. The molecular weight excluding hydrogens is 296 g/mol. The molecule has 18 heavy (non-hydrogen) atoms. The van der Waals surface area contributed by atoms with Gasteiger partial charge in [0.15, 0.2) is 0 Å². The Kier molecular flexibility index (Phi) is 4.04. The first-order chi connectivity index (χ1) is 8.54. The Morgan fingerprint density at radius 3 is 2.94 bits per heavy atom. The van der Waals surface area contributed by atoms with E-state index in [-0.39, 0.29) is 11.9 Å². The minimum absolute atomic E-state index is 0.0525. The van der Waals surface area contributed by atoms with E-state index in [9.17, 15) is 4.79 Å². The standard InChI is InChI=1S/C13H17BrN2O2/c1-13(8-18-7-11(13)15)12(17)16-6-9-4-2-3-5-10(9)14/h2-5,11H,6-8,15H2,1H3,(H,16,17). The number of hydrogen-bond acceptors (Lipinski definition) is 3. The minimum atomic E-state index is -0.624. The highest BCUT2D eigenvalue weighted by molar-refractivity contribution is 9.10. The molecule has 3 N–H and O–H groups in total. The zero-order valence-corrected chi connectivity index (χ0v) is 11.9. The Balaban J connectivity index is 1.99. The lowest BCUT2D eigenvalue weighted by molar-refractivity contribution is -0.130. The van der Waals surface area contributed by atoms with Crippen molar-refractivity contribution >= 4 is 21.8 Å². The molecule has 1 aliphatic heterocycles. The molecule has 1 aromatic rings. The third kappa shape index (κ3) is 2.58. The van der Waals surface area contributed by atoms with E-state index in [4.69, 9.17) is 10.5 Å². The van der Waals surface area contributed by atoms with Crippen LogP contribution in [-0.4, -0.2) is 25.2 Å². The topological polar surface area (TPSA) is 64.3 Å². The zero-order valence-electron chi connectivity index (χ0n) is 10.3. The maximum atomic E-state index is 12.2. The largest absolute Gasteiger partial charge is 0.379 e. The summed E-state index contributed by atoms with van der Waals surface area (Å²) in [6.45, 7) is 3.16. The summed E-state index contributed by atoms with van der Waals surface area (Å²) < 4.78 is 6.26. The Labute approximate surface area is 115 Å². The SMILES string of the molecule is CC1(C(=O)NCc2ccccc2Br)COCC1N. The fourth-order valence-electron chi connectivity index (χ4n) is 1.94. The highest BCUT2D eigenvalue weighted by atomic mass is 79.9. The highest BCUT2D eigenvalue weighted by Crippen LogP contribution is 2.27. The van der Waals surface area contributed by atoms with Gasteiger partial charge in [0.1, 0.15) is 0 Å². The lowest BCUT2D eigenvalue weighted by Gasteiger charge is -2.25. The van der Waals surface area contributed by atoms with Crippen molar-refractivity contribution in [2.75, 3.05) is 13.2 Å². The first-order valence-corrected chi connectivity index (χ1v) is 6.68. The van der Waals surface area contributed by atoms with Gasteiger partial charge in [0.2, 0.25) is 5.91 Å². The highest BCUT2D eigenvalue weighted by Gasteiger charge is 2.44. The number of nitrogens with one attached hydrogen (secondary N) is 1. The molecule has 0 saturated carbocycles. The van der Waals surface area contributed by atoms with Gasteiger partial charge in [-0.15, -0.1) is 0 Å². The molecule has 2 rings (SSSR count). The summed E-state index contributed by atoms with van der Waals surface area (Å²) in [6, 6.07) is 7.57. The molecule has 2 atom stereocenters. The van der Waals surface area contributed by atoms with Gasteiger partial charge >= 0.3 is 0 Å². The second-order valence-corrected chi connectivity index (χ2v) is 5.67. The molecule has 0 bridgehead atoms. The molecule has 4 nitrogen and oxygen atoms in total. The Hall–Kier alpha value is -0.910. The van der Waals surface area contributed by atoms with Gasteiger partial charge in [-0.3, -0.25) is 4.79 Å². The van der Waals surface area contributed by atoms with Crippen LogP contribution in [-0.2, 0) is 16.1 Å². The molecule has 0 spiro atoms. The van der Waals surface area contributed by atoms with Crippen LogP contribution in [0.5, 0.6) is 0 Å². The average molecular weight is 313 g/mol. The molecule has 0 aliphatic carbocycles. The van der Waals surface area contributed by atoms with Crippen LogP contribution in [0.25, 0.3) is 0 Å². The summed E-state index contributed by atoms with van der Waals surface area (Å²) in [5, 5.41) is 2.92. The Morgan fingerprint density at radius 1 is 1.61 bits per heavy atom. The smallest absolute Gasteiger partial charge is 0.230 e. The minimum Gasteiger partial charge on any atom is -0.379 e. The molecule has 1 saturated heterocycles. The number of amides is 1. The summed E-state index contributed by atoms with van der Waals surface area (Å²) in [4.78, 5) is 12.2. The van der Waals surface area contributed by atoms with Crippen LogP contribution >= 0.6 is 15.9 Å². The van der Waals surface area contributed by atoms with Crippen molar-refractivity contribution in [3.8, 4) is 0 Å². The van der Waals surface area contributed by atoms with Gasteiger partial charge in [-0.2, -0.15) is 0 Å². The van der Waals surface area contributed by atoms with E-state index in [1.165, 1.54) is 0 Å². The van der Waals surface area contributed by atoms with Crippen LogP contribution < -0.4 is 11.1 Å². The molecule has 0 radical (unpaired) electrons. The van der Waals surface area contributed by atoms with Crippen molar-refractivity contribution in [3.05, 3.63) is 34.3 Å². The fraction of sp³-hybridized carbons (Fsp3) is 0.462. The monoisotopic (exact) mass is 312 g/mol. The van der Waals surface area contributed by atoms with Gasteiger partial charge in [0, 0.05) is 17.1 Å². The summed E-state index contributed by atoms with van der Waals surface area (Å²) in [7, 11) is 0. The van der Waals surface area contributed by atoms with E-state index < -0.39 is 5.41 Å². The molecule has 1 fully saturated rings. The number of rotatable bonds is 3. The maximum absolute atomic E-state index is 12.2. The summed E-state index contributed by atoms with van der Waals surface area (Å²) in [5.41, 5.74) is 6.34. The molecule has 1 aliphatic rings. The number of ether oxygens (including phenoxy) is 1. The van der Waals surface area contributed by atoms with Gasteiger partial charge < -0.3 is 15.8 Å². The van der Waals surface area contributed by atoms with E-state index in [2.05, 4.69) is 21.2 Å². The first kappa shape index (κ1) is 13.5. The van der Waals surface area contributed by atoms with Crippen LogP contribution in [0.2, 0.25) is 0 Å². The first-order valence-electron chi connectivity index (χ1n) is 5.89. The zero-order chi connectivity index (χ0) is 13.2. The number of carbonyl (C=O) groups is 1. The van der Waals surface area contributed by atoms with Crippen molar-refractivity contribution in [1.29, 1.82) is 0 Å². The number of halogens is 1.